The van der Waals surface area contributed by atoms with Crippen LogP contribution in [0.15, 0.2) is 29.6 Å². The summed E-state index contributed by atoms with van der Waals surface area (Å²) in [5.41, 5.74) is 2.00. The summed E-state index contributed by atoms with van der Waals surface area (Å²) < 4.78 is 17.9. The zero-order chi connectivity index (χ0) is 19.2. The zero-order valence-electron chi connectivity index (χ0n) is 14.5. The molecule has 1 heterocycles. The third-order valence-corrected chi connectivity index (χ3v) is 5.28. The Labute approximate surface area is 159 Å². The van der Waals surface area contributed by atoms with E-state index in [9.17, 15) is 18.8 Å². The fourth-order valence-corrected chi connectivity index (χ4v) is 3.96. The van der Waals surface area contributed by atoms with Crippen molar-refractivity contribution in [3.63, 3.8) is 0 Å². The van der Waals surface area contributed by atoms with Crippen LogP contribution in [-0.2, 0) is 27.2 Å². The number of thiophene rings is 1. The number of nitrogens with one attached hydrogen (secondary N) is 2. The van der Waals surface area contributed by atoms with Crippen LogP contribution in [0.1, 0.15) is 33.6 Å². The lowest BCUT2D eigenvalue weighted by Gasteiger charge is -2.12. The molecule has 1 aliphatic rings. The van der Waals surface area contributed by atoms with Gasteiger partial charge in [-0.1, -0.05) is 0 Å². The number of hydrogen-bond acceptors (Lipinski definition) is 5. The average Bonchev–Trinajstić information content (AvgIpc) is 3.10. The Morgan fingerprint density at radius 1 is 1.07 bits per heavy atom. The van der Waals surface area contributed by atoms with Gasteiger partial charge in [0.15, 0.2) is 6.61 Å². The summed E-state index contributed by atoms with van der Waals surface area (Å²) in [6.07, 6.45) is 4.02. The Kier molecular flexibility index (Phi) is 6.18. The van der Waals surface area contributed by atoms with Gasteiger partial charge in [-0.25, -0.2) is 9.18 Å². The molecule has 1 aliphatic carbocycles. The molecule has 0 saturated carbocycles. The van der Waals surface area contributed by atoms with E-state index >= 15 is 0 Å². The van der Waals surface area contributed by atoms with Gasteiger partial charge in [-0.3, -0.25) is 9.59 Å². The maximum absolute atomic E-state index is 12.8. The number of carbonyl (C=O) groups is 3. The summed E-state index contributed by atoms with van der Waals surface area (Å²) in [6, 6.07) is 5.27. The van der Waals surface area contributed by atoms with Crippen molar-refractivity contribution < 1.29 is 23.5 Å². The lowest BCUT2D eigenvalue weighted by molar-refractivity contribution is -0.126. The average molecular weight is 390 g/mol. The minimum Gasteiger partial charge on any atom is -0.452 e. The highest BCUT2D eigenvalue weighted by atomic mass is 32.1. The smallest absolute Gasteiger partial charge is 0.339 e. The molecule has 2 N–H and O–H groups in total. The number of anilines is 1. The molecule has 0 radical (unpaired) electrons. The van der Waals surface area contributed by atoms with Gasteiger partial charge in [0.1, 0.15) is 5.82 Å². The van der Waals surface area contributed by atoms with E-state index in [1.165, 1.54) is 29.1 Å². The molecule has 8 heteroatoms. The van der Waals surface area contributed by atoms with Gasteiger partial charge in [-0.05, 0) is 55.5 Å². The van der Waals surface area contributed by atoms with Crippen LogP contribution in [0.4, 0.5) is 10.1 Å². The van der Waals surface area contributed by atoms with Gasteiger partial charge in [-0.2, -0.15) is 0 Å². The highest BCUT2D eigenvalue weighted by Crippen LogP contribution is 2.30. The first kappa shape index (κ1) is 19.0. The molecule has 27 heavy (non-hydrogen) atoms. The molecule has 6 nitrogen and oxygen atoms in total. The van der Waals surface area contributed by atoms with E-state index in [1.54, 1.807) is 16.7 Å². The second-order valence-electron chi connectivity index (χ2n) is 6.17. The number of benzene rings is 1. The van der Waals surface area contributed by atoms with Crippen molar-refractivity contribution in [1.29, 1.82) is 0 Å². The second-order valence-corrected chi connectivity index (χ2v) is 7.13. The van der Waals surface area contributed by atoms with Crippen molar-refractivity contribution in [3.8, 4) is 0 Å². The topological polar surface area (TPSA) is 84.5 Å². The van der Waals surface area contributed by atoms with E-state index in [-0.39, 0.29) is 6.54 Å². The maximum Gasteiger partial charge on any atom is 0.339 e. The molecule has 1 aromatic carbocycles. The van der Waals surface area contributed by atoms with Crippen LogP contribution in [0.3, 0.4) is 0 Å². The second kappa shape index (κ2) is 8.77. The number of amides is 2. The minimum absolute atomic E-state index is 0.276. The first-order valence-electron chi connectivity index (χ1n) is 8.61. The molecule has 3 rings (SSSR count). The fourth-order valence-electron chi connectivity index (χ4n) is 2.84. The van der Waals surface area contributed by atoms with E-state index in [0.717, 1.165) is 31.2 Å². The Morgan fingerprint density at radius 3 is 2.59 bits per heavy atom. The Hall–Kier alpha value is -2.74. The number of ether oxygens (including phenoxy) is 1. The number of hydrogen-bond donors (Lipinski definition) is 2. The lowest BCUT2D eigenvalue weighted by atomic mass is 9.96. The van der Waals surface area contributed by atoms with E-state index in [0.29, 0.717) is 11.3 Å². The van der Waals surface area contributed by atoms with Crippen LogP contribution >= 0.6 is 11.3 Å². The quantitative estimate of drug-likeness (QED) is 0.743. The normalized spacial score (nSPS) is 12.8. The number of esters is 1. The highest BCUT2D eigenvalue weighted by Gasteiger charge is 2.21. The molecule has 0 aliphatic heterocycles. The van der Waals surface area contributed by atoms with Crippen molar-refractivity contribution >= 4 is 34.8 Å². The van der Waals surface area contributed by atoms with Crippen LogP contribution < -0.4 is 10.6 Å². The fraction of sp³-hybridized carbons (Fsp3) is 0.316. The number of fused-ring (bicyclic) bond motifs is 1. The van der Waals surface area contributed by atoms with Gasteiger partial charge in [0.25, 0.3) is 5.91 Å². The van der Waals surface area contributed by atoms with Gasteiger partial charge in [0.2, 0.25) is 5.91 Å². The molecule has 1 aromatic heterocycles. The van der Waals surface area contributed by atoms with Crippen LogP contribution in [0.2, 0.25) is 0 Å². The monoisotopic (exact) mass is 390 g/mol. The predicted molar refractivity (Wildman–Crippen MR) is 99.3 cm³/mol. The molecule has 0 saturated heterocycles. The van der Waals surface area contributed by atoms with Crippen molar-refractivity contribution in [2.24, 2.45) is 0 Å². The van der Waals surface area contributed by atoms with Crippen molar-refractivity contribution in [2.75, 3.05) is 18.5 Å². The molecule has 0 unspecified atom stereocenters. The highest BCUT2D eigenvalue weighted by molar-refractivity contribution is 7.10. The SMILES string of the molecule is O=C(COC(=O)c1csc2c1CCCC2)NCC(=O)Nc1ccc(F)cc1. The number of aryl methyl sites for hydroxylation is 1. The first-order chi connectivity index (χ1) is 13.0. The summed E-state index contributed by atoms with van der Waals surface area (Å²) in [4.78, 5) is 37.0. The van der Waals surface area contributed by atoms with Crippen LogP contribution in [0.25, 0.3) is 0 Å². The van der Waals surface area contributed by atoms with E-state index in [1.807, 2.05) is 0 Å². The standard InChI is InChI=1S/C19H19FN2O4S/c20-12-5-7-13(8-6-12)22-17(23)9-21-18(24)10-26-19(25)15-11-27-16-4-2-1-3-14(15)16/h5-8,11H,1-4,9-10H2,(H,21,24)(H,22,23). The molecule has 0 fully saturated rings. The molecular formula is C19H19FN2O4S. The zero-order valence-corrected chi connectivity index (χ0v) is 15.4. The summed E-state index contributed by atoms with van der Waals surface area (Å²) in [5, 5.41) is 6.68. The van der Waals surface area contributed by atoms with Gasteiger partial charge in [0, 0.05) is 15.9 Å². The first-order valence-corrected chi connectivity index (χ1v) is 9.49. The van der Waals surface area contributed by atoms with E-state index in [4.69, 9.17) is 4.74 Å². The van der Waals surface area contributed by atoms with Crippen molar-refractivity contribution in [1.82, 2.24) is 5.32 Å². The predicted octanol–water partition coefficient (Wildman–Crippen LogP) is 2.68. The molecule has 0 atom stereocenters. The maximum atomic E-state index is 12.8. The molecular weight excluding hydrogens is 371 g/mol. The molecule has 0 bridgehead atoms. The van der Waals surface area contributed by atoms with Gasteiger partial charge >= 0.3 is 5.97 Å². The van der Waals surface area contributed by atoms with Crippen LogP contribution in [-0.4, -0.2) is 30.9 Å². The molecule has 2 aromatic rings. The Morgan fingerprint density at radius 2 is 1.81 bits per heavy atom. The van der Waals surface area contributed by atoms with Gasteiger partial charge in [-0.15, -0.1) is 11.3 Å². The van der Waals surface area contributed by atoms with Crippen LogP contribution in [0, 0.1) is 5.82 Å². The number of carbonyl (C=O) groups excluding carboxylic acids is 3. The Balaban J connectivity index is 1.41. The van der Waals surface area contributed by atoms with E-state index < -0.39 is 30.2 Å². The summed E-state index contributed by atoms with van der Waals surface area (Å²) in [6.45, 7) is -0.727. The molecule has 142 valence electrons. The van der Waals surface area contributed by atoms with Crippen molar-refractivity contribution in [2.45, 2.75) is 25.7 Å². The minimum atomic E-state index is -0.568. The Bertz CT molecular complexity index is 848. The third kappa shape index (κ3) is 5.13. The largest absolute Gasteiger partial charge is 0.452 e. The third-order valence-electron chi connectivity index (χ3n) is 4.19. The number of halogens is 1. The molecule has 0 spiro atoms. The lowest BCUT2D eigenvalue weighted by Crippen LogP contribution is -2.35. The van der Waals surface area contributed by atoms with E-state index in [2.05, 4.69) is 10.6 Å². The number of rotatable bonds is 6. The van der Waals surface area contributed by atoms with Crippen LogP contribution in [0.5, 0.6) is 0 Å². The molecule has 2 amide bonds. The van der Waals surface area contributed by atoms with Crippen molar-refractivity contribution in [3.05, 3.63) is 51.5 Å². The summed E-state index contributed by atoms with van der Waals surface area (Å²) >= 11 is 1.55. The van der Waals surface area contributed by atoms with Gasteiger partial charge < -0.3 is 15.4 Å². The summed E-state index contributed by atoms with van der Waals surface area (Å²) in [7, 11) is 0. The van der Waals surface area contributed by atoms with Gasteiger partial charge in [0.05, 0.1) is 12.1 Å². The summed E-state index contributed by atoms with van der Waals surface area (Å²) in [5.74, 6) is -1.95.